The van der Waals surface area contributed by atoms with Crippen LogP contribution >= 0.6 is 0 Å². The predicted octanol–water partition coefficient (Wildman–Crippen LogP) is 3.56. The van der Waals surface area contributed by atoms with Crippen LogP contribution in [0.15, 0.2) is 52.9 Å². The van der Waals surface area contributed by atoms with E-state index in [0.29, 0.717) is 5.58 Å². The Hall–Kier alpha value is -2.79. The van der Waals surface area contributed by atoms with Gasteiger partial charge in [0, 0.05) is 12.4 Å². The first-order chi connectivity index (χ1) is 12.0. The molecule has 1 atom stereocenters. The molecule has 1 unspecified atom stereocenters. The molecule has 0 aliphatic heterocycles. The molecule has 0 fully saturated rings. The number of fused-ring (bicyclic) bond motifs is 1. The summed E-state index contributed by atoms with van der Waals surface area (Å²) in [6.07, 6.45) is 0. The largest absolute Gasteiger partial charge is 0.497 e. The number of aryl methyl sites for hydroxylation is 1. The minimum absolute atomic E-state index is 0.187. The van der Waals surface area contributed by atoms with Gasteiger partial charge in [0.1, 0.15) is 11.3 Å². The minimum atomic E-state index is -0.464. The summed E-state index contributed by atoms with van der Waals surface area (Å²) in [5.74, 6) is 0.709. The summed E-state index contributed by atoms with van der Waals surface area (Å²) in [6.45, 7) is 1.80. The number of hydrogen-bond donors (Lipinski definition) is 1. The number of ether oxygens (including phenoxy) is 1. The molecule has 0 aliphatic carbocycles. The van der Waals surface area contributed by atoms with Crippen molar-refractivity contribution < 1.29 is 19.1 Å². The Morgan fingerprint density at radius 3 is 2.56 bits per heavy atom. The molecule has 130 valence electrons. The summed E-state index contributed by atoms with van der Waals surface area (Å²) in [6, 6.07) is 14.3. The highest BCUT2D eigenvalue weighted by atomic mass is 16.5. The van der Waals surface area contributed by atoms with E-state index in [-0.39, 0.29) is 18.3 Å². The van der Waals surface area contributed by atoms with Gasteiger partial charge in [-0.05, 0) is 42.8 Å². The molecule has 0 aliphatic rings. The van der Waals surface area contributed by atoms with Crippen molar-refractivity contribution >= 4 is 16.9 Å². The number of aliphatic hydroxyl groups excluding tert-OH is 1. The average molecular weight is 339 g/mol. The number of amides is 1. The zero-order valence-corrected chi connectivity index (χ0v) is 14.5. The fourth-order valence-corrected chi connectivity index (χ4v) is 2.86. The van der Waals surface area contributed by atoms with Gasteiger partial charge < -0.3 is 19.2 Å². The van der Waals surface area contributed by atoms with Gasteiger partial charge in [0.05, 0.1) is 19.8 Å². The van der Waals surface area contributed by atoms with E-state index in [1.54, 1.807) is 32.4 Å². The first-order valence-corrected chi connectivity index (χ1v) is 8.05. The van der Waals surface area contributed by atoms with Gasteiger partial charge in [-0.2, -0.15) is 0 Å². The Balaban J connectivity index is 1.87. The van der Waals surface area contributed by atoms with Crippen LogP contribution in [0, 0.1) is 6.92 Å². The van der Waals surface area contributed by atoms with Gasteiger partial charge >= 0.3 is 0 Å². The van der Waals surface area contributed by atoms with Crippen LogP contribution in [0.3, 0.4) is 0 Å². The molecule has 0 spiro atoms. The van der Waals surface area contributed by atoms with Crippen LogP contribution < -0.4 is 4.74 Å². The lowest BCUT2D eigenvalue weighted by Crippen LogP contribution is -2.33. The highest BCUT2D eigenvalue weighted by Crippen LogP contribution is 2.26. The van der Waals surface area contributed by atoms with Gasteiger partial charge in [-0.3, -0.25) is 4.79 Å². The number of rotatable bonds is 5. The summed E-state index contributed by atoms with van der Waals surface area (Å²) in [5, 5.41) is 10.7. The maximum absolute atomic E-state index is 12.8. The molecule has 0 saturated carbocycles. The van der Waals surface area contributed by atoms with Crippen LogP contribution in [-0.4, -0.2) is 36.7 Å². The summed E-state index contributed by atoms with van der Waals surface area (Å²) in [7, 11) is 3.25. The molecule has 3 rings (SSSR count). The summed E-state index contributed by atoms with van der Waals surface area (Å²) < 4.78 is 10.8. The SMILES string of the molecule is COc1ccc(C(CO)N(C)C(=O)c2cc3cc(C)ccc3o2)cc1. The second-order valence-corrected chi connectivity index (χ2v) is 6.04. The maximum atomic E-state index is 12.8. The molecule has 0 bridgehead atoms. The molecule has 2 aromatic carbocycles. The standard InChI is InChI=1S/C20H21NO4/c1-13-4-9-18-15(10-13)11-19(25-18)20(23)21(2)17(12-22)14-5-7-16(24-3)8-6-14/h4-11,17,22H,12H2,1-3H3. The predicted molar refractivity (Wildman–Crippen MR) is 95.9 cm³/mol. The molecule has 1 aromatic heterocycles. The van der Waals surface area contributed by atoms with Gasteiger partial charge in [0.2, 0.25) is 0 Å². The van der Waals surface area contributed by atoms with Crippen LogP contribution in [0.2, 0.25) is 0 Å². The van der Waals surface area contributed by atoms with Crippen LogP contribution in [0.5, 0.6) is 5.75 Å². The first kappa shape index (κ1) is 17.0. The number of methoxy groups -OCH3 is 1. The smallest absolute Gasteiger partial charge is 0.289 e. The number of furan rings is 1. The van der Waals surface area contributed by atoms with E-state index in [0.717, 1.165) is 22.3 Å². The topological polar surface area (TPSA) is 62.9 Å². The number of carbonyl (C=O) groups is 1. The Bertz CT molecular complexity index is 882. The van der Waals surface area contributed by atoms with Crippen LogP contribution in [0.1, 0.15) is 27.7 Å². The molecule has 25 heavy (non-hydrogen) atoms. The average Bonchev–Trinajstić information content (AvgIpc) is 3.05. The highest BCUT2D eigenvalue weighted by molar-refractivity contribution is 5.96. The maximum Gasteiger partial charge on any atom is 0.289 e. The number of benzene rings is 2. The zero-order valence-electron chi connectivity index (χ0n) is 14.5. The number of carbonyl (C=O) groups excluding carboxylic acids is 1. The quantitative estimate of drug-likeness (QED) is 0.772. The first-order valence-electron chi connectivity index (χ1n) is 8.05. The van der Waals surface area contributed by atoms with E-state index >= 15 is 0 Å². The van der Waals surface area contributed by atoms with Crippen LogP contribution in [0.4, 0.5) is 0 Å². The Morgan fingerprint density at radius 2 is 1.92 bits per heavy atom. The zero-order chi connectivity index (χ0) is 18.0. The van der Waals surface area contributed by atoms with Crippen molar-refractivity contribution in [2.75, 3.05) is 20.8 Å². The second-order valence-electron chi connectivity index (χ2n) is 6.04. The van der Waals surface area contributed by atoms with Gasteiger partial charge in [-0.1, -0.05) is 23.8 Å². The normalized spacial score (nSPS) is 12.2. The van der Waals surface area contributed by atoms with Crippen LogP contribution in [-0.2, 0) is 0 Å². The molecule has 1 N–H and O–H groups in total. The van der Waals surface area contributed by atoms with E-state index in [1.165, 1.54) is 4.90 Å². The third kappa shape index (κ3) is 3.37. The van der Waals surface area contributed by atoms with E-state index in [9.17, 15) is 9.90 Å². The van der Waals surface area contributed by atoms with Crippen LogP contribution in [0.25, 0.3) is 11.0 Å². The van der Waals surface area contributed by atoms with E-state index < -0.39 is 6.04 Å². The fourth-order valence-electron chi connectivity index (χ4n) is 2.86. The molecule has 1 heterocycles. The molecule has 5 heteroatoms. The number of likely N-dealkylation sites (N-methyl/N-ethyl adjacent to an activating group) is 1. The van der Waals surface area contributed by atoms with Crippen molar-refractivity contribution in [1.82, 2.24) is 4.90 Å². The molecule has 0 radical (unpaired) electrons. The highest BCUT2D eigenvalue weighted by Gasteiger charge is 2.24. The van der Waals surface area contributed by atoms with E-state index in [1.807, 2.05) is 37.3 Å². The Kier molecular flexibility index (Phi) is 4.76. The van der Waals surface area contributed by atoms with E-state index in [4.69, 9.17) is 9.15 Å². The van der Waals surface area contributed by atoms with E-state index in [2.05, 4.69) is 0 Å². The fraction of sp³-hybridized carbons (Fsp3) is 0.250. The van der Waals surface area contributed by atoms with Crippen molar-refractivity contribution in [3.8, 4) is 5.75 Å². The number of nitrogens with zero attached hydrogens (tertiary/aromatic N) is 1. The summed E-state index contributed by atoms with van der Waals surface area (Å²) in [4.78, 5) is 14.3. The van der Waals surface area contributed by atoms with Crippen molar-refractivity contribution in [2.24, 2.45) is 0 Å². The van der Waals surface area contributed by atoms with Gasteiger partial charge in [-0.25, -0.2) is 0 Å². The Morgan fingerprint density at radius 1 is 1.20 bits per heavy atom. The van der Waals surface area contributed by atoms with Gasteiger partial charge in [0.15, 0.2) is 5.76 Å². The lowest BCUT2D eigenvalue weighted by atomic mass is 10.1. The lowest BCUT2D eigenvalue weighted by Gasteiger charge is -2.26. The molecule has 1 amide bonds. The third-order valence-electron chi connectivity index (χ3n) is 4.34. The Labute approximate surface area is 146 Å². The summed E-state index contributed by atoms with van der Waals surface area (Å²) in [5.41, 5.74) is 2.60. The molecule has 5 nitrogen and oxygen atoms in total. The molecular formula is C20H21NO4. The van der Waals surface area contributed by atoms with Gasteiger partial charge in [0.25, 0.3) is 5.91 Å². The van der Waals surface area contributed by atoms with Crippen molar-refractivity contribution in [3.05, 3.63) is 65.4 Å². The van der Waals surface area contributed by atoms with Crippen molar-refractivity contribution in [2.45, 2.75) is 13.0 Å². The minimum Gasteiger partial charge on any atom is -0.497 e. The summed E-state index contributed by atoms with van der Waals surface area (Å²) >= 11 is 0. The molecular weight excluding hydrogens is 318 g/mol. The second kappa shape index (κ2) is 6.99. The molecule has 0 saturated heterocycles. The lowest BCUT2D eigenvalue weighted by molar-refractivity contribution is 0.0629. The third-order valence-corrected chi connectivity index (χ3v) is 4.34. The van der Waals surface area contributed by atoms with Crippen molar-refractivity contribution in [1.29, 1.82) is 0 Å². The monoisotopic (exact) mass is 339 g/mol. The van der Waals surface area contributed by atoms with Crippen molar-refractivity contribution in [3.63, 3.8) is 0 Å². The van der Waals surface area contributed by atoms with Gasteiger partial charge in [-0.15, -0.1) is 0 Å². The number of aliphatic hydroxyl groups is 1. The number of hydrogen-bond acceptors (Lipinski definition) is 4. The molecule has 3 aromatic rings.